The van der Waals surface area contributed by atoms with Gasteiger partial charge < -0.3 is 24.3 Å². The second-order valence-corrected chi connectivity index (χ2v) is 5.39. The molecular formula is C14H11F12NO4. The van der Waals surface area contributed by atoms with Crippen LogP contribution in [0.2, 0.25) is 0 Å². The highest BCUT2D eigenvalue weighted by Crippen LogP contribution is 2.53. The number of rotatable bonds is 7. The second-order valence-electron chi connectivity index (χ2n) is 5.39. The predicted molar refractivity (Wildman–Crippen MR) is 75.3 cm³/mol. The van der Waals surface area contributed by atoms with Crippen LogP contribution in [-0.2, 0) is 0 Å². The fourth-order valence-electron chi connectivity index (χ4n) is 2.33. The summed E-state index contributed by atoms with van der Waals surface area (Å²) in [5, 5.41) is 2.18. The van der Waals surface area contributed by atoms with Gasteiger partial charge in [0, 0.05) is 12.1 Å². The molecule has 0 saturated carbocycles. The maximum Gasteiger partial charge on any atom is 0.573 e. The molecule has 5 nitrogen and oxygen atoms in total. The summed E-state index contributed by atoms with van der Waals surface area (Å²) >= 11 is 0. The zero-order valence-corrected chi connectivity index (χ0v) is 15.0. The molecule has 17 heteroatoms. The highest BCUT2D eigenvalue weighted by atomic mass is 19.4. The third-order valence-electron chi connectivity index (χ3n) is 3.19. The third-order valence-corrected chi connectivity index (χ3v) is 3.19. The zero-order chi connectivity index (χ0) is 24.4. The maximum atomic E-state index is 12.8. The Hall–Kier alpha value is -2.46. The van der Waals surface area contributed by atoms with Crippen molar-refractivity contribution < 1.29 is 71.6 Å². The van der Waals surface area contributed by atoms with Crippen molar-refractivity contribution in [2.24, 2.45) is 0 Å². The monoisotopic (exact) mass is 485 g/mol. The van der Waals surface area contributed by atoms with Crippen LogP contribution in [0.15, 0.2) is 6.07 Å². The van der Waals surface area contributed by atoms with E-state index in [1.54, 1.807) is 0 Å². The van der Waals surface area contributed by atoms with Crippen LogP contribution < -0.4 is 24.3 Å². The Morgan fingerprint density at radius 1 is 0.677 bits per heavy atom. The molecular weight excluding hydrogens is 474 g/mol. The van der Waals surface area contributed by atoms with E-state index in [0.717, 1.165) is 7.05 Å². The Morgan fingerprint density at radius 2 is 1.06 bits per heavy atom. The average molecular weight is 485 g/mol. The first-order valence-corrected chi connectivity index (χ1v) is 7.67. The Labute approximate surface area is 164 Å². The topological polar surface area (TPSA) is 49.0 Å². The average Bonchev–Trinajstić information content (AvgIpc) is 2.49. The van der Waals surface area contributed by atoms with E-state index in [0.29, 0.717) is 0 Å². The molecule has 0 fully saturated rings. The molecule has 1 aromatic rings. The molecule has 0 aliphatic heterocycles. The van der Waals surface area contributed by atoms with Crippen LogP contribution in [0.3, 0.4) is 0 Å². The number of halogens is 12. The minimum Gasteiger partial charge on any atom is -0.405 e. The minimum absolute atomic E-state index is 0.347. The lowest BCUT2D eigenvalue weighted by Crippen LogP contribution is -2.27. The number of hydrogen-bond acceptors (Lipinski definition) is 5. The summed E-state index contributed by atoms with van der Waals surface area (Å²) in [5.41, 5.74) is -1.35. The highest BCUT2D eigenvalue weighted by molar-refractivity contribution is 5.63. The van der Waals surface area contributed by atoms with E-state index in [2.05, 4.69) is 24.3 Å². The van der Waals surface area contributed by atoms with E-state index in [1.807, 2.05) is 0 Å². The van der Waals surface area contributed by atoms with Crippen molar-refractivity contribution in [2.75, 3.05) is 7.05 Å². The molecule has 1 atom stereocenters. The summed E-state index contributed by atoms with van der Waals surface area (Å²) in [6.45, 7) is 1.18. The predicted octanol–water partition coefficient (Wildman–Crippen LogP) is 5.95. The number of benzene rings is 1. The molecule has 0 spiro atoms. The summed E-state index contributed by atoms with van der Waals surface area (Å²) in [5.74, 6) is -8.47. The first-order valence-electron chi connectivity index (χ1n) is 7.67. The van der Waals surface area contributed by atoms with Crippen molar-refractivity contribution in [3.63, 3.8) is 0 Å². The van der Waals surface area contributed by atoms with Crippen molar-refractivity contribution in [2.45, 2.75) is 44.8 Å². The quantitative estimate of drug-likeness (QED) is 0.484. The van der Waals surface area contributed by atoms with E-state index in [1.165, 1.54) is 6.92 Å². The van der Waals surface area contributed by atoms with E-state index >= 15 is 0 Å². The van der Waals surface area contributed by atoms with Crippen LogP contribution in [0.25, 0.3) is 0 Å². The zero-order valence-electron chi connectivity index (χ0n) is 15.0. The first kappa shape index (κ1) is 26.6. The van der Waals surface area contributed by atoms with Gasteiger partial charge in [0.2, 0.25) is 5.75 Å². The lowest BCUT2D eigenvalue weighted by Gasteiger charge is -2.27. The minimum atomic E-state index is -5.89. The van der Waals surface area contributed by atoms with Crippen molar-refractivity contribution in [1.29, 1.82) is 0 Å². The molecule has 180 valence electrons. The summed E-state index contributed by atoms with van der Waals surface area (Å²) in [7, 11) is 0.993. The summed E-state index contributed by atoms with van der Waals surface area (Å²) in [4.78, 5) is 0. The SMILES string of the molecule is CCC(NC)c1c(OC(F)(F)F)cc(OC(F)(F)F)c(OC(F)(F)F)c1OC(F)(F)F. The van der Waals surface area contributed by atoms with E-state index in [4.69, 9.17) is 0 Å². The number of ether oxygens (including phenoxy) is 4. The number of hydrogen-bond donors (Lipinski definition) is 1. The van der Waals surface area contributed by atoms with Gasteiger partial charge in [0.25, 0.3) is 0 Å². The van der Waals surface area contributed by atoms with Gasteiger partial charge in [-0.25, -0.2) is 0 Å². The van der Waals surface area contributed by atoms with E-state index in [9.17, 15) is 52.7 Å². The van der Waals surface area contributed by atoms with Gasteiger partial charge in [-0.3, -0.25) is 0 Å². The van der Waals surface area contributed by atoms with Gasteiger partial charge in [0.15, 0.2) is 11.5 Å². The molecule has 1 unspecified atom stereocenters. The Morgan fingerprint density at radius 3 is 1.42 bits per heavy atom. The normalized spacial score (nSPS) is 14.3. The second kappa shape index (κ2) is 8.96. The van der Waals surface area contributed by atoms with Gasteiger partial charge in [-0.15, -0.1) is 52.7 Å². The summed E-state index contributed by atoms with van der Waals surface area (Å²) in [6.07, 6.45) is -23.6. The van der Waals surface area contributed by atoms with Gasteiger partial charge in [0.05, 0.1) is 5.56 Å². The molecule has 1 N–H and O–H groups in total. The van der Waals surface area contributed by atoms with Crippen molar-refractivity contribution in [3.05, 3.63) is 11.6 Å². The van der Waals surface area contributed by atoms with Crippen LogP contribution in [-0.4, -0.2) is 32.5 Å². The van der Waals surface area contributed by atoms with Crippen LogP contribution in [0, 0.1) is 0 Å². The Balaban J connectivity index is 4.06. The molecule has 0 aromatic heterocycles. The molecule has 31 heavy (non-hydrogen) atoms. The van der Waals surface area contributed by atoms with Crippen molar-refractivity contribution in [3.8, 4) is 23.0 Å². The number of alkyl halides is 12. The molecule has 0 heterocycles. The van der Waals surface area contributed by atoms with E-state index in [-0.39, 0.29) is 12.5 Å². The Bertz CT molecular complexity index is 750. The molecule has 1 aromatic carbocycles. The van der Waals surface area contributed by atoms with Gasteiger partial charge in [-0.05, 0) is 13.5 Å². The molecule has 0 aliphatic rings. The molecule has 0 radical (unpaired) electrons. The summed E-state index contributed by atoms with van der Waals surface area (Å²) < 4.78 is 166. The van der Waals surface area contributed by atoms with Crippen LogP contribution in [0.1, 0.15) is 24.9 Å². The first-order chi connectivity index (χ1) is 13.8. The maximum absolute atomic E-state index is 12.8. The van der Waals surface area contributed by atoms with Crippen LogP contribution in [0.5, 0.6) is 23.0 Å². The highest BCUT2D eigenvalue weighted by Gasteiger charge is 2.45. The largest absolute Gasteiger partial charge is 0.573 e. The van der Waals surface area contributed by atoms with E-state index < -0.39 is 60.1 Å². The number of nitrogens with one attached hydrogen (secondary N) is 1. The van der Waals surface area contributed by atoms with Crippen LogP contribution in [0.4, 0.5) is 52.7 Å². The summed E-state index contributed by atoms with van der Waals surface area (Å²) in [6, 6.07) is -1.97. The van der Waals surface area contributed by atoms with Gasteiger partial charge in [-0.1, -0.05) is 6.92 Å². The van der Waals surface area contributed by atoms with Gasteiger partial charge in [0.1, 0.15) is 5.75 Å². The standard InChI is InChI=1S/C14H11F12NO4/c1-3-5(27-2)8-6(28-11(15,16)17)4-7(29-12(18,19)20)9(30-13(21,22)23)10(8)31-14(24,25)26/h4-5,27H,3H2,1-2H3. The van der Waals surface area contributed by atoms with Crippen molar-refractivity contribution >= 4 is 0 Å². The third kappa shape index (κ3) is 8.66. The van der Waals surface area contributed by atoms with Gasteiger partial charge in [-0.2, -0.15) is 0 Å². The van der Waals surface area contributed by atoms with Gasteiger partial charge >= 0.3 is 25.4 Å². The van der Waals surface area contributed by atoms with Crippen LogP contribution >= 0.6 is 0 Å². The lowest BCUT2D eigenvalue weighted by atomic mass is 10.0. The fourth-order valence-corrected chi connectivity index (χ4v) is 2.33. The molecule has 0 amide bonds. The lowest BCUT2D eigenvalue weighted by molar-refractivity contribution is -0.294. The Kier molecular flexibility index (Phi) is 7.68. The molecule has 0 saturated heterocycles. The molecule has 0 bridgehead atoms. The molecule has 1 rings (SSSR count). The van der Waals surface area contributed by atoms with Crippen molar-refractivity contribution in [1.82, 2.24) is 5.32 Å². The molecule has 0 aliphatic carbocycles. The smallest absolute Gasteiger partial charge is 0.405 e. The fraction of sp³-hybridized carbons (Fsp3) is 0.571.